The first-order chi connectivity index (χ1) is 12.5. The van der Waals surface area contributed by atoms with E-state index in [-0.39, 0.29) is 6.04 Å². The number of unbranched alkanes of at least 4 members (excludes halogenated alkanes) is 1. The molecule has 1 aromatic carbocycles. The van der Waals surface area contributed by atoms with Gasteiger partial charge in [0.1, 0.15) is 0 Å². The third-order valence-electron chi connectivity index (χ3n) is 4.80. The Morgan fingerprint density at radius 2 is 1.85 bits per heavy atom. The van der Waals surface area contributed by atoms with Gasteiger partial charge in [0.05, 0.1) is 10.9 Å². The summed E-state index contributed by atoms with van der Waals surface area (Å²) < 4.78 is 32.4. The standard InChI is InChI=1S/C18H26N4O3S/c1-3-4-10-17-19-18(25-20-17)15(2)21-11-13-22(14-12-21)26(23,24)16-8-6-5-7-9-16/h5-9,15H,3-4,10-14H2,1-2H3. The van der Waals surface area contributed by atoms with Crippen molar-refractivity contribution in [3.63, 3.8) is 0 Å². The number of aryl methyl sites for hydroxylation is 1. The van der Waals surface area contributed by atoms with Crippen molar-refractivity contribution in [1.29, 1.82) is 0 Å². The predicted molar refractivity (Wildman–Crippen MR) is 98.1 cm³/mol. The van der Waals surface area contributed by atoms with E-state index in [9.17, 15) is 8.42 Å². The Labute approximate surface area is 155 Å². The molecule has 0 aliphatic carbocycles. The third kappa shape index (κ3) is 4.13. The lowest BCUT2D eigenvalue weighted by atomic mass is 10.2. The molecule has 3 rings (SSSR count). The SMILES string of the molecule is CCCCc1noc(C(C)N2CCN(S(=O)(=O)c3ccccc3)CC2)n1. The van der Waals surface area contributed by atoms with Crippen molar-refractivity contribution in [3.05, 3.63) is 42.0 Å². The summed E-state index contributed by atoms with van der Waals surface area (Å²) in [6, 6.07) is 8.58. The van der Waals surface area contributed by atoms with Gasteiger partial charge in [-0.15, -0.1) is 0 Å². The van der Waals surface area contributed by atoms with E-state index in [1.165, 1.54) is 0 Å². The molecule has 1 saturated heterocycles. The van der Waals surface area contributed by atoms with Crippen molar-refractivity contribution < 1.29 is 12.9 Å². The highest BCUT2D eigenvalue weighted by Crippen LogP contribution is 2.23. The second-order valence-corrected chi connectivity index (χ2v) is 8.52. The zero-order chi connectivity index (χ0) is 18.6. The van der Waals surface area contributed by atoms with E-state index in [4.69, 9.17) is 4.52 Å². The van der Waals surface area contributed by atoms with Crippen LogP contribution in [0.4, 0.5) is 0 Å². The van der Waals surface area contributed by atoms with Gasteiger partial charge in [0.15, 0.2) is 5.82 Å². The molecule has 0 radical (unpaired) electrons. The van der Waals surface area contributed by atoms with Crippen LogP contribution in [0.15, 0.2) is 39.8 Å². The average molecular weight is 378 g/mol. The van der Waals surface area contributed by atoms with Crippen molar-refractivity contribution in [2.45, 2.75) is 44.0 Å². The van der Waals surface area contributed by atoms with Crippen LogP contribution in [0.25, 0.3) is 0 Å². The average Bonchev–Trinajstić information content (AvgIpc) is 3.15. The van der Waals surface area contributed by atoms with Crippen LogP contribution in [-0.2, 0) is 16.4 Å². The molecule has 1 atom stereocenters. The highest BCUT2D eigenvalue weighted by atomic mass is 32.2. The van der Waals surface area contributed by atoms with E-state index in [1.807, 2.05) is 13.0 Å². The molecule has 0 spiro atoms. The fourth-order valence-corrected chi connectivity index (χ4v) is 4.55. The normalized spacial score (nSPS) is 18.1. The number of aromatic nitrogens is 2. The summed E-state index contributed by atoms with van der Waals surface area (Å²) in [4.78, 5) is 7.02. The molecule has 1 aliphatic heterocycles. The molecule has 26 heavy (non-hydrogen) atoms. The smallest absolute Gasteiger partial charge is 0.243 e. The molecular formula is C18H26N4O3S. The Morgan fingerprint density at radius 3 is 2.50 bits per heavy atom. The van der Waals surface area contributed by atoms with E-state index in [1.54, 1.807) is 28.6 Å². The van der Waals surface area contributed by atoms with Crippen molar-refractivity contribution in [3.8, 4) is 0 Å². The number of hydrogen-bond donors (Lipinski definition) is 0. The van der Waals surface area contributed by atoms with E-state index < -0.39 is 10.0 Å². The van der Waals surface area contributed by atoms with Gasteiger partial charge in [-0.3, -0.25) is 4.90 Å². The Kier molecular flexibility index (Phi) is 6.05. The molecule has 1 aromatic heterocycles. The molecule has 2 heterocycles. The third-order valence-corrected chi connectivity index (χ3v) is 6.71. The Bertz CT molecular complexity index is 799. The van der Waals surface area contributed by atoms with Crippen LogP contribution >= 0.6 is 0 Å². The highest BCUT2D eigenvalue weighted by molar-refractivity contribution is 7.89. The number of hydrogen-bond acceptors (Lipinski definition) is 6. The minimum Gasteiger partial charge on any atom is -0.338 e. The van der Waals surface area contributed by atoms with Crippen LogP contribution in [0.3, 0.4) is 0 Å². The molecule has 0 bridgehead atoms. The molecule has 142 valence electrons. The van der Waals surface area contributed by atoms with Gasteiger partial charge in [-0.05, 0) is 25.5 Å². The van der Waals surface area contributed by atoms with Crippen LogP contribution in [0.1, 0.15) is 44.4 Å². The van der Waals surface area contributed by atoms with Gasteiger partial charge in [0, 0.05) is 32.6 Å². The maximum atomic E-state index is 12.7. The van der Waals surface area contributed by atoms with E-state index in [2.05, 4.69) is 22.0 Å². The number of sulfonamides is 1. The quantitative estimate of drug-likeness (QED) is 0.736. The molecule has 8 heteroatoms. The molecule has 1 unspecified atom stereocenters. The predicted octanol–water partition coefficient (Wildman–Crippen LogP) is 2.48. The van der Waals surface area contributed by atoms with Gasteiger partial charge in [0.2, 0.25) is 15.9 Å². The zero-order valence-corrected chi connectivity index (χ0v) is 16.2. The molecule has 2 aromatic rings. The van der Waals surface area contributed by atoms with Crippen LogP contribution in [0, 0.1) is 0 Å². The molecule has 0 N–H and O–H groups in total. The summed E-state index contributed by atoms with van der Waals surface area (Å²) in [6.07, 6.45) is 2.97. The van der Waals surface area contributed by atoms with Crippen molar-refractivity contribution >= 4 is 10.0 Å². The number of nitrogens with zero attached hydrogens (tertiary/aromatic N) is 4. The monoisotopic (exact) mass is 378 g/mol. The lowest BCUT2D eigenvalue weighted by molar-refractivity contribution is 0.124. The zero-order valence-electron chi connectivity index (χ0n) is 15.3. The van der Waals surface area contributed by atoms with E-state index >= 15 is 0 Å². The fraction of sp³-hybridized carbons (Fsp3) is 0.556. The van der Waals surface area contributed by atoms with Gasteiger partial charge in [-0.2, -0.15) is 9.29 Å². The minimum atomic E-state index is -3.43. The van der Waals surface area contributed by atoms with Crippen LogP contribution in [-0.4, -0.2) is 53.9 Å². The Hall–Kier alpha value is -1.77. The molecule has 1 fully saturated rings. The summed E-state index contributed by atoms with van der Waals surface area (Å²) in [5.41, 5.74) is 0. The Morgan fingerprint density at radius 1 is 1.15 bits per heavy atom. The lowest BCUT2D eigenvalue weighted by Crippen LogP contribution is -2.49. The summed E-state index contributed by atoms with van der Waals surface area (Å²) >= 11 is 0. The number of piperazine rings is 1. The fourth-order valence-electron chi connectivity index (χ4n) is 3.10. The maximum absolute atomic E-state index is 12.7. The molecule has 7 nitrogen and oxygen atoms in total. The molecule has 0 amide bonds. The lowest BCUT2D eigenvalue weighted by Gasteiger charge is -2.36. The summed E-state index contributed by atoms with van der Waals surface area (Å²) in [7, 11) is -3.43. The largest absolute Gasteiger partial charge is 0.338 e. The van der Waals surface area contributed by atoms with Crippen molar-refractivity contribution in [1.82, 2.24) is 19.3 Å². The van der Waals surface area contributed by atoms with Gasteiger partial charge in [-0.25, -0.2) is 8.42 Å². The highest BCUT2D eigenvalue weighted by Gasteiger charge is 2.31. The van der Waals surface area contributed by atoms with Crippen molar-refractivity contribution in [2.75, 3.05) is 26.2 Å². The molecule has 1 aliphatic rings. The van der Waals surface area contributed by atoms with Gasteiger partial charge < -0.3 is 4.52 Å². The first kappa shape index (κ1) is 19.0. The topological polar surface area (TPSA) is 79.5 Å². The van der Waals surface area contributed by atoms with Crippen LogP contribution < -0.4 is 0 Å². The van der Waals surface area contributed by atoms with Gasteiger partial charge in [-0.1, -0.05) is 36.7 Å². The first-order valence-corrected chi connectivity index (χ1v) is 10.6. The maximum Gasteiger partial charge on any atom is 0.243 e. The van der Waals surface area contributed by atoms with E-state index in [0.29, 0.717) is 37.0 Å². The molecular weight excluding hydrogens is 352 g/mol. The van der Waals surface area contributed by atoms with Crippen molar-refractivity contribution in [2.24, 2.45) is 0 Å². The summed E-state index contributed by atoms with van der Waals surface area (Å²) in [6.45, 7) is 6.35. The minimum absolute atomic E-state index is 0.0144. The van der Waals surface area contributed by atoms with E-state index in [0.717, 1.165) is 25.1 Å². The van der Waals surface area contributed by atoms with Gasteiger partial charge in [0.25, 0.3) is 0 Å². The molecule has 0 saturated carbocycles. The summed E-state index contributed by atoms with van der Waals surface area (Å²) in [5, 5.41) is 4.04. The van der Waals surface area contributed by atoms with Crippen LogP contribution in [0.5, 0.6) is 0 Å². The second kappa shape index (κ2) is 8.28. The first-order valence-electron chi connectivity index (χ1n) is 9.14. The summed E-state index contributed by atoms with van der Waals surface area (Å²) in [5.74, 6) is 1.36. The number of rotatable bonds is 7. The van der Waals surface area contributed by atoms with Crippen LogP contribution in [0.2, 0.25) is 0 Å². The Balaban J connectivity index is 1.60. The second-order valence-electron chi connectivity index (χ2n) is 6.58. The number of benzene rings is 1. The van der Waals surface area contributed by atoms with Gasteiger partial charge >= 0.3 is 0 Å².